The molecule has 0 amide bonds. The van der Waals surface area contributed by atoms with E-state index in [9.17, 15) is 5.11 Å². The van der Waals surface area contributed by atoms with Gasteiger partial charge in [-0.2, -0.15) is 0 Å². The number of ether oxygens (including phenoxy) is 4. The molecule has 0 aromatic rings. The molecule has 0 aromatic heterocycles. The van der Waals surface area contributed by atoms with Crippen molar-refractivity contribution in [1.82, 2.24) is 0 Å². The first-order valence-corrected chi connectivity index (χ1v) is 5.16. The summed E-state index contributed by atoms with van der Waals surface area (Å²) in [6.45, 7) is 5.42. The molecule has 2 saturated heterocycles. The van der Waals surface area contributed by atoms with Gasteiger partial charge in [-0.15, -0.1) is 0 Å². The summed E-state index contributed by atoms with van der Waals surface area (Å²) in [5.41, 5.74) is 0. The second-order valence-electron chi connectivity index (χ2n) is 4.50. The molecule has 5 atom stereocenters. The van der Waals surface area contributed by atoms with Crippen LogP contribution in [0.5, 0.6) is 0 Å². The van der Waals surface area contributed by atoms with Gasteiger partial charge in [0, 0.05) is 7.11 Å². The number of fused-ring (bicyclic) bond motifs is 1. The third-order valence-corrected chi connectivity index (χ3v) is 2.83. The van der Waals surface area contributed by atoms with E-state index >= 15 is 0 Å². The zero-order valence-corrected chi connectivity index (χ0v) is 9.47. The van der Waals surface area contributed by atoms with Gasteiger partial charge in [0.05, 0.1) is 6.10 Å². The fraction of sp³-hybridized carbons (Fsp3) is 1.00. The van der Waals surface area contributed by atoms with E-state index in [4.69, 9.17) is 18.9 Å². The van der Waals surface area contributed by atoms with Crippen LogP contribution in [0.2, 0.25) is 0 Å². The maximum atomic E-state index is 9.91. The first-order chi connectivity index (χ1) is 6.94. The Hall–Kier alpha value is -0.200. The monoisotopic (exact) mass is 218 g/mol. The molecule has 2 rings (SSSR count). The van der Waals surface area contributed by atoms with Crippen molar-refractivity contribution in [3.63, 3.8) is 0 Å². The molecule has 5 heteroatoms. The van der Waals surface area contributed by atoms with Gasteiger partial charge in [-0.25, -0.2) is 0 Å². The van der Waals surface area contributed by atoms with Crippen LogP contribution in [0.15, 0.2) is 0 Å². The quantitative estimate of drug-likeness (QED) is 0.684. The molecule has 0 aliphatic carbocycles. The highest BCUT2D eigenvalue weighted by Crippen LogP contribution is 2.37. The van der Waals surface area contributed by atoms with E-state index in [-0.39, 0.29) is 18.3 Å². The lowest BCUT2D eigenvalue weighted by Crippen LogP contribution is -2.55. The van der Waals surface area contributed by atoms with Crippen molar-refractivity contribution in [1.29, 1.82) is 0 Å². The highest BCUT2D eigenvalue weighted by molar-refractivity contribution is 4.94. The second kappa shape index (κ2) is 3.68. The van der Waals surface area contributed by atoms with Gasteiger partial charge in [0.1, 0.15) is 18.3 Å². The van der Waals surface area contributed by atoms with Gasteiger partial charge in [-0.05, 0) is 20.8 Å². The van der Waals surface area contributed by atoms with Crippen LogP contribution >= 0.6 is 0 Å². The minimum atomic E-state index is -0.694. The molecule has 0 spiro atoms. The number of rotatable bonds is 1. The Morgan fingerprint density at radius 3 is 2.40 bits per heavy atom. The Bertz CT molecular complexity index is 234. The molecule has 0 radical (unpaired) electrons. The summed E-state index contributed by atoms with van der Waals surface area (Å²) in [4.78, 5) is 0. The van der Waals surface area contributed by atoms with E-state index in [2.05, 4.69) is 0 Å². The molecule has 88 valence electrons. The van der Waals surface area contributed by atoms with Crippen LogP contribution in [0.25, 0.3) is 0 Å². The third kappa shape index (κ3) is 1.90. The molecule has 5 nitrogen and oxygen atoms in total. The molecule has 2 heterocycles. The van der Waals surface area contributed by atoms with Crippen molar-refractivity contribution in [2.24, 2.45) is 0 Å². The maximum absolute atomic E-state index is 9.91. The van der Waals surface area contributed by atoms with Gasteiger partial charge in [0.15, 0.2) is 12.1 Å². The predicted octanol–water partition coefficient (Wildman–Crippen LogP) is 0.259. The topological polar surface area (TPSA) is 57.2 Å². The molecular weight excluding hydrogens is 200 g/mol. The zero-order valence-electron chi connectivity index (χ0n) is 9.47. The smallest absolute Gasteiger partial charge is 0.186 e. The van der Waals surface area contributed by atoms with Crippen molar-refractivity contribution >= 4 is 0 Å². The highest BCUT2D eigenvalue weighted by Gasteiger charge is 2.54. The summed E-state index contributed by atoms with van der Waals surface area (Å²) in [5.74, 6) is -0.694. The number of aliphatic hydroxyl groups is 1. The van der Waals surface area contributed by atoms with Crippen LogP contribution in [0.4, 0.5) is 0 Å². The normalized spacial score (nSPS) is 49.0. The molecule has 15 heavy (non-hydrogen) atoms. The van der Waals surface area contributed by atoms with Crippen LogP contribution in [0.1, 0.15) is 20.8 Å². The van der Waals surface area contributed by atoms with Crippen molar-refractivity contribution in [3.8, 4) is 0 Å². The summed E-state index contributed by atoms with van der Waals surface area (Å²) >= 11 is 0. The van der Waals surface area contributed by atoms with E-state index in [0.29, 0.717) is 0 Å². The van der Waals surface area contributed by atoms with E-state index in [1.807, 2.05) is 13.8 Å². The van der Waals surface area contributed by atoms with Gasteiger partial charge in [-0.1, -0.05) is 0 Å². The van der Waals surface area contributed by atoms with Gasteiger partial charge in [0.25, 0.3) is 0 Å². The average Bonchev–Trinajstić information content (AvgIpc) is 2.48. The standard InChI is InChI=1S/C10H18O5/c1-5-6(11)7-8(9(12-4)13-5)15-10(2,3)14-7/h5-9,11H,1-4H3/t5?,6-,7-,8?,9+/m0/s1. The predicted molar refractivity (Wildman–Crippen MR) is 51.2 cm³/mol. The lowest BCUT2D eigenvalue weighted by molar-refractivity contribution is -0.262. The van der Waals surface area contributed by atoms with Gasteiger partial charge in [0.2, 0.25) is 0 Å². The van der Waals surface area contributed by atoms with Crippen LogP contribution in [0, 0.1) is 0 Å². The van der Waals surface area contributed by atoms with Crippen LogP contribution in [0.3, 0.4) is 0 Å². The minimum absolute atomic E-state index is 0.311. The van der Waals surface area contributed by atoms with Crippen molar-refractivity contribution in [3.05, 3.63) is 0 Å². The fourth-order valence-electron chi connectivity index (χ4n) is 2.12. The number of methoxy groups -OCH3 is 1. The van der Waals surface area contributed by atoms with Gasteiger partial charge < -0.3 is 24.1 Å². The third-order valence-electron chi connectivity index (χ3n) is 2.83. The molecule has 0 bridgehead atoms. The highest BCUT2D eigenvalue weighted by atomic mass is 16.8. The summed E-state index contributed by atoms with van der Waals surface area (Å²) in [5, 5.41) is 9.91. The molecule has 2 aliphatic heterocycles. The second-order valence-corrected chi connectivity index (χ2v) is 4.50. The molecule has 2 unspecified atom stereocenters. The molecule has 2 aliphatic rings. The molecule has 0 saturated carbocycles. The van der Waals surface area contributed by atoms with Crippen LogP contribution < -0.4 is 0 Å². The first-order valence-electron chi connectivity index (χ1n) is 5.16. The van der Waals surface area contributed by atoms with Gasteiger partial charge in [-0.3, -0.25) is 0 Å². The largest absolute Gasteiger partial charge is 0.388 e. The minimum Gasteiger partial charge on any atom is -0.388 e. The van der Waals surface area contributed by atoms with Crippen molar-refractivity contribution < 1.29 is 24.1 Å². The van der Waals surface area contributed by atoms with Crippen LogP contribution in [-0.2, 0) is 18.9 Å². The van der Waals surface area contributed by atoms with E-state index in [0.717, 1.165) is 0 Å². The Morgan fingerprint density at radius 1 is 1.20 bits per heavy atom. The summed E-state index contributed by atoms with van der Waals surface area (Å²) in [6, 6.07) is 0. The Balaban J connectivity index is 2.18. The fourth-order valence-corrected chi connectivity index (χ4v) is 2.12. The van der Waals surface area contributed by atoms with E-state index in [1.165, 1.54) is 0 Å². The van der Waals surface area contributed by atoms with E-state index < -0.39 is 18.2 Å². The molecule has 2 fully saturated rings. The van der Waals surface area contributed by atoms with Crippen LogP contribution in [-0.4, -0.2) is 48.7 Å². The molecule has 1 N–H and O–H groups in total. The molecular formula is C10H18O5. The summed E-state index contributed by atoms with van der Waals surface area (Å²) < 4.78 is 21.9. The lowest BCUT2D eigenvalue weighted by atomic mass is 10.0. The van der Waals surface area contributed by atoms with Gasteiger partial charge >= 0.3 is 0 Å². The van der Waals surface area contributed by atoms with Crippen molar-refractivity contribution in [2.75, 3.05) is 7.11 Å². The Morgan fingerprint density at radius 2 is 1.80 bits per heavy atom. The first kappa shape index (κ1) is 11.3. The van der Waals surface area contributed by atoms with E-state index in [1.54, 1.807) is 14.0 Å². The number of hydrogen-bond acceptors (Lipinski definition) is 5. The Kier molecular flexibility index (Phi) is 2.77. The Labute approximate surface area is 89.3 Å². The average molecular weight is 218 g/mol. The zero-order chi connectivity index (χ0) is 11.2. The maximum Gasteiger partial charge on any atom is 0.186 e. The number of aliphatic hydroxyl groups excluding tert-OH is 1. The summed E-state index contributed by atoms with van der Waals surface area (Å²) in [7, 11) is 1.56. The lowest BCUT2D eigenvalue weighted by Gasteiger charge is -2.37. The summed E-state index contributed by atoms with van der Waals surface area (Å²) in [6.07, 6.45) is -2.21. The molecule has 0 aromatic carbocycles. The SMILES string of the molecule is CO[C@@H]1OC(C)[C@H](O)[C@@H]2OC(C)(C)OC12. The van der Waals surface area contributed by atoms with Crippen molar-refractivity contribution in [2.45, 2.75) is 57.3 Å². The number of hydrogen-bond donors (Lipinski definition) is 1.